The first-order valence-electron chi connectivity index (χ1n) is 6.56. The van der Waals surface area contributed by atoms with Gasteiger partial charge in [-0.3, -0.25) is 19.8 Å². The second-order valence-corrected chi connectivity index (χ2v) is 6.82. The van der Waals surface area contributed by atoms with Crippen LogP contribution in [0, 0.1) is 10.1 Å². The number of carbonyl (C=O) groups excluding carboxylic acids is 1. The van der Waals surface area contributed by atoms with Crippen LogP contribution in [-0.4, -0.2) is 38.8 Å². The molecule has 1 rings (SSSR count). The fourth-order valence-electron chi connectivity index (χ4n) is 1.94. The fraction of sp³-hybridized carbons (Fsp3) is 0.462. The first kappa shape index (κ1) is 19.0. The Morgan fingerprint density at radius 1 is 1.36 bits per heavy atom. The summed E-state index contributed by atoms with van der Waals surface area (Å²) in [6.07, 6.45) is -0.848. The molecule has 1 amide bonds. The molecular formula is C13H16Cl3N3O3. The van der Waals surface area contributed by atoms with E-state index in [0.29, 0.717) is 13.1 Å². The van der Waals surface area contributed by atoms with Crippen molar-refractivity contribution in [3.05, 3.63) is 39.9 Å². The molecule has 1 N–H and O–H groups in total. The number of non-ortho nitro benzene ring substituents is 1. The molecule has 0 heterocycles. The number of halogens is 3. The van der Waals surface area contributed by atoms with Crippen molar-refractivity contribution in [3.8, 4) is 0 Å². The smallest absolute Gasteiger partial charge is 0.270 e. The van der Waals surface area contributed by atoms with Crippen LogP contribution in [0.5, 0.6) is 0 Å². The normalized spacial score (nSPS) is 13.0. The van der Waals surface area contributed by atoms with E-state index in [1.54, 1.807) is 4.90 Å². The van der Waals surface area contributed by atoms with E-state index in [9.17, 15) is 14.9 Å². The van der Waals surface area contributed by atoms with E-state index in [0.717, 1.165) is 0 Å². The zero-order valence-electron chi connectivity index (χ0n) is 12.1. The standard InChI is InChI=1S/C13H16Cl3N3O3/c1-3-18(4-2)12(13(14,15)16)17-11(20)9-6-5-7-10(8-9)19(21)22/h5-8,12H,3-4H2,1-2H3,(H,17,20)/t12-/m0/s1. The van der Waals surface area contributed by atoms with Crippen molar-refractivity contribution in [2.75, 3.05) is 13.1 Å². The quantitative estimate of drug-likeness (QED) is 0.361. The van der Waals surface area contributed by atoms with Crippen LogP contribution in [0.25, 0.3) is 0 Å². The molecule has 0 spiro atoms. The number of hydrogen-bond acceptors (Lipinski definition) is 4. The molecule has 6 nitrogen and oxygen atoms in total. The molecule has 0 aliphatic heterocycles. The summed E-state index contributed by atoms with van der Waals surface area (Å²) < 4.78 is -1.73. The maximum absolute atomic E-state index is 12.3. The van der Waals surface area contributed by atoms with Crippen molar-refractivity contribution >= 4 is 46.4 Å². The monoisotopic (exact) mass is 367 g/mol. The van der Waals surface area contributed by atoms with Gasteiger partial charge in [-0.2, -0.15) is 0 Å². The first-order chi connectivity index (χ1) is 10.2. The van der Waals surface area contributed by atoms with Gasteiger partial charge in [-0.15, -0.1) is 0 Å². The van der Waals surface area contributed by atoms with Gasteiger partial charge >= 0.3 is 0 Å². The van der Waals surface area contributed by atoms with Crippen LogP contribution in [0.15, 0.2) is 24.3 Å². The Labute approximate surface area is 143 Å². The van der Waals surface area contributed by atoms with E-state index >= 15 is 0 Å². The van der Waals surface area contributed by atoms with Gasteiger partial charge < -0.3 is 5.32 Å². The third-order valence-electron chi connectivity index (χ3n) is 3.07. The van der Waals surface area contributed by atoms with Gasteiger partial charge in [0, 0.05) is 17.7 Å². The van der Waals surface area contributed by atoms with Crippen LogP contribution in [0.4, 0.5) is 5.69 Å². The van der Waals surface area contributed by atoms with Gasteiger partial charge in [0.15, 0.2) is 0 Å². The lowest BCUT2D eigenvalue weighted by Crippen LogP contribution is -2.55. The van der Waals surface area contributed by atoms with Crippen molar-refractivity contribution in [2.45, 2.75) is 23.8 Å². The molecule has 22 heavy (non-hydrogen) atoms. The lowest BCUT2D eigenvalue weighted by molar-refractivity contribution is -0.384. The molecule has 0 fully saturated rings. The van der Waals surface area contributed by atoms with Crippen molar-refractivity contribution in [1.82, 2.24) is 10.2 Å². The Bertz CT molecular complexity index is 545. The second kappa shape index (κ2) is 7.97. The average molecular weight is 369 g/mol. The van der Waals surface area contributed by atoms with Crippen molar-refractivity contribution in [3.63, 3.8) is 0 Å². The molecule has 0 bridgehead atoms. The highest BCUT2D eigenvalue weighted by Gasteiger charge is 2.37. The maximum atomic E-state index is 12.3. The summed E-state index contributed by atoms with van der Waals surface area (Å²) in [5.41, 5.74) is -0.0541. The Balaban J connectivity index is 3.01. The molecule has 1 aromatic rings. The summed E-state index contributed by atoms with van der Waals surface area (Å²) in [5, 5.41) is 13.4. The number of rotatable bonds is 6. The number of alkyl halides is 3. The summed E-state index contributed by atoms with van der Waals surface area (Å²) in [7, 11) is 0. The number of nitro benzene ring substituents is 1. The Kier molecular flexibility index (Phi) is 6.87. The molecule has 122 valence electrons. The number of nitrogens with zero attached hydrogens (tertiary/aromatic N) is 2. The van der Waals surface area contributed by atoms with Crippen LogP contribution in [0.1, 0.15) is 24.2 Å². The molecule has 0 aliphatic carbocycles. The number of hydrogen-bond donors (Lipinski definition) is 1. The highest BCUT2D eigenvalue weighted by molar-refractivity contribution is 6.68. The van der Waals surface area contributed by atoms with Gasteiger partial charge in [-0.25, -0.2) is 0 Å². The highest BCUT2D eigenvalue weighted by Crippen LogP contribution is 2.32. The summed E-state index contributed by atoms with van der Waals surface area (Å²) in [6.45, 7) is 4.85. The SMILES string of the molecule is CCN(CC)[C@H](NC(=O)c1cccc([N+](=O)[O-])c1)C(Cl)(Cl)Cl. The van der Waals surface area contributed by atoms with E-state index in [2.05, 4.69) is 5.32 Å². The average Bonchev–Trinajstić information content (AvgIpc) is 2.46. The number of carbonyl (C=O) groups is 1. The first-order valence-corrected chi connectivity index (χ1v) is 7.70. The fourth-order valence-corrected chi connectivity index (χ4v) is 2.51. The summed E-state index contributed by atoms with van der Waals surface area (Å²) in [4.78, 5) is 24.2. The lowest BCUT2D eigenvalue weighted by atomic mass is 10.2. The van der Waals surface area contributed by atoms with E-state index in [1.165, 1.54) is 24.3 Å². The zero-order valence-corrected chi connectivity index (χ0v) is 14.3. The Morgan fingerprint density at radius 3 is 2.41 bits per heavy atom. The van der Waals surface area contributed by atoms with Crippen LogP contribution in [-0.2, 0) is 0 Å². The molecule has 0 unspecified atom stereocenters. The molecule has 0 saturated carbocycles. The predicted molar refractivity (Wildman–Crippen MR) is 87.6 cm³/mol. The van der Waals surface area contributed by atoms with E-state index in [-0.39, 0.29) is 11.3 Å². The largest absolute Gasteiger partial charge is 0.332 e. The van der Waals surface area contributed by atoms with Crippen molar-refractivity contribution < 1.29 is 9.72 Å². The van der Waals surface area contributed by atoms with Gasteiger partial charge in [-0.1, -0.05) is 54.7 Å². The van der Waals surface area contributed by atoms with Crippen LogP contribution in [0.3, 0.4) is 0 Å². The van der Waals surface area contributed by atoms with E-state index < -0.39 is 20.8 Å². The number of nitrogens with one attached hydrogen (secondary N) is 1. The van der Waals surface area contributed by atoms with Crippen LogP contribution >= 0.6 is 34.8 Å². The topological polar surface area (TPSA) is 75.5 Å². The molecule has 9 heteroatoms. The van der Waals surface area contributed by atoms with Gasteiger partial charge in [-0.05, 0) is 19.2 Å². The van der Waals surface area contributed by atoms with E-state index in [1.807, 2.05) is 13.8 Å². The minimum absolute atomic E-state index is 0.126. The summed E-state index contributed by atoms with van der Waals surface area (Å²) >= 11 is 17.8. The molecule has 0 aromatic heterocycles. The molecule has 0 aliphatic rings. The molecular weight excluding hydrogens is 353 g/mol. The van der Waals surface area contributed by atoms with Gasteiger partial charge in [0.1, 0.15) is 6.17 Å². The summed E-state index contributed by atoms with van der Waals surface area (Å²) in [6, 6.07) is 5.36. The Hall–Kier alpha value is -1.08. The maximum Gasteiger partial charge on any atom is 0.270 e. The van der Waals surface area contributed by atoms with Gasteiger partial charge in [0.2, 0.25) is 3.79 Å². The van der Waals surface area contributed by atoms with Gasteiger partial charge in [0.05, 0.1) is 4.92 Å². The van der Waals surface area contributed by atoms with Crippen molar-refractivity contribution in [1.29, 1.82) is 0 Å². The van der Waals surface area contributed by atoms with Gasteiger partial charge in [0.25, 0.3) is 11.6 Å². The third-order valence-corrected chi connectivity index (χ3v) is 3.69. The molecule has 1 atom stereocenters. The predicted octanol–water partition coefficient (Wildman–Crippen LogP) is 3.36. The van der Waals surface area contributed by atoms with Crippen molar-refractivity contribution in [2.24, 2.45) is 0 Å². The minimum atomic E-state index is -1.73. The molecule has 1 aromatic carbocycles. The molecule has 0 radical (unpaired) electrons. The second-order valence-electron chi connectivity index (χ2n) is 4.45. The number of benzene rings is 1. The molecule has 0 saturated heterocycles. The lowest BCUT2D eigenvalue weighted by Gasteiger charge is -2.34. The van der Waals surface area contributed by atoms with E-state index in [4.69, 9.17) is 34.8 Å². The Morgan fingerprint density at radius 2 is 1.95 bits per heavy atom. The van der Waals surface area contributed by atoms with Crippen LogP contribution < -0.4 is 5.32 Å². The summed E-state index contributed by atoms with van der Waals surface area (Å²) in [5.74, 6) is -0.549. The zero-order chi connectivity index (χ0) is 16.9. The highest BCUT2D eigenvalue weighted by atomic mass is 35.6. The number of amides is 1. The number of nitro groups is 1. The van der Waals surface area contributed by atoms with Crippen LogP contribution in [0.2, 0.25) is 0 Å². The minimum Gasteiger partial charge on any atom is -0.332 e. The third kappa shape index (κ3) is 4.98.